The van der Waals surface area contributed by atoms with Gasteiger partial charge in [0.05, 0.1) is 27.9 Å². The summed E-state index contributed by atoms with van der Waals surface area (Å²) in [6.07, 6.45) is -7.96. The second-order valence-electron chi connectivity index (χ2n) is 7.97. The molecule has 5 N–H and O–H groups in total. The number of aromatic hydroxyl groups is 1. The maximum atomic E-state index is 13.0. The van der Waals surface area contributed by atoms with Crippen LogP contribution in [0.2, 0.25) is 0 Å². The lowest BCUT2D eigenvalue weighted by atomic mass is 9.99. The molecular weight excluding hydrogens is 480 g/mol. The first kappa shape index (κ1) is 25.5. The van der Waals surface area contributed by atoms with E-state index >= 15 is 0 Å². The third-order valence-electron chi connectivity index (χ3n) is 5.88. The molecule has 0 spiro atoms. The van der Waals surface area contributed by atoms with Crippen molar-refractivity contribution in [1.29, 1.82) is 0 Å². The average Bonchev–Trinajstić information content (AvgIpc) is 2.89. The molecule has 12 nitrogen and oxygen atoms in total. The van der Waals surface area contributed by atoms with Gasteiger partial charge in [-0.3, -0.25) is 4.79 Å². The second-order valence-corrected chi connectivity index (χ2v) is 7.97. The number of fused-ring (bicyclic) bond motifs is 1. The fourth-order valence-electron chi connectivity index (χ4n) is 3.97. The summed E-state index contributed by atoms with van der Waals surface area (Å²) in [4.78, 5) is 13.0. The number of phenols is 1. The standard InChI is InChI=1S/C24H26O12/c1-31-11-6-4-10(5-7-11)13-8-12(26)15-17(28)21(32-2)23(22(33-3)20(15)34-13)36-24-19(30)18(29)16(27)14(9-25)35-24/h4-8,14,16,18-19,24-25,27-30H,9H2,1-3H3/t14-,16-,18+,19-,24+/m1/s1. The summed E-state index contributed by atoms with van der Waals surface area (Å²) in [6.45, 7) is -0.678. The topological polar surface area (TPSA) is 178 Å². The molecule has 1 saturated heterocycles. The molecule has 36 heavy (non-hydrogen) atoms. The van der Waals surface area contributed by atoms with Crippen molar-refractivity contribution in [1.82, 2.24) is 0 Å². The van der Waals surface area contributed by atoms with Gasteiger partial charge in [0.1, 0.15) is 41.3 Å². The van der Waals surface area contributed by atoms with Crippen LogP contribution in [0, 0.1) is 0 Å². The van der Waals surface area contributed by atoms with Crippen LogP contribution in [-0.2, 0) is 4.74 Å². The zero-order valence-electron chi connectivity index (χ0n) is 19.6. The summed E-state index contributed by atoms with van der Waals surface area (Å²) in [6, 6.07) is 7.89. The fourth-order valence-corrected chi connectivity index (χ4v) is 3.97. The first-order chi connectivity index (χ1) is 17.2. The molecule has 3 aromatic rings. The van der Waals surface area contributed by atoms with Crippen LogP contribution in [0.1, 0.15) is 0 Å². The van der Waals surface area contributed by atoms with Gasteiger partial charge in [-0.2, -0.15) is 0 Å². The molecule has 1 aromatic heterocycles. The highest BCUT2D eigenvalue weighted by atomic mass is 16.7. The number of ether oxygens (including phenoxy) is 5. The van der Waals surface area contributed by atoms with Crippen LogP contribution < -0.4 is 24.4 Å². The minimum Gasteiger partial charge on any atom is -0.504 e. The van der Waals surface area contributed by atoms with Crippen molar-refractivity contribution >= 4 is 11.0 Å². The minimum atomic E-state index is -1.76. The minimum absolute atomic E-state index is 0.150. The zero-order valence-corrected chi connectivity index (χ0v) is 19.6. The van der Waals surface area contributed by atoms with Crippen LogP contribution in [0.3, 0.4) is 0 Å². The normalized spacial score (nSPS) is 23.9. The van der Waals surface area contributed by atoms with Crippen LogP contribution in [0.25, 0.3) is 22.3 Å². The molecule has 0 amide bonds. The Morgan fingerprint density at radius 1 is 0.889 bits per heavy atom. The van der Waals surface area contributed by atoms with Crippen LogP contribution in [0.15, 0.2) is 39.5 Å². The van der Waals surface area contributed by atoms with Gasteiger partial charge in [-0.15, -0.1) is 0 Å². The van der Waals surface area contributed by atoms with Crippen molar-refractivity contribution in [2.75, 3.05) is 27.9 Å². The van der Waals surface area contributed by atoms with Gasteiger partial charge in [-0.1, -0.05) is 0 Å². The molecule has 0 saturated carbocycles. The Bertz CT molecular complexity index is 1280. The largest absolute Gasteiger partial charge is 0.504 e. The number of aliphatic hydroxyl groups excluding tert-OH is 4. The SMILES string of the molecule is COc1ccc(-c2cc(=O)c3c(O)c(OC)c(O[C@@H]4O[C@H](CO)[C@@H](O)[C@H](O)[C@H]4O)c(OC)c3o2)cc1. The zero-order chi connectivity index (χ0) is 26.1. The predicted molar refractivity (Wildman–Crippen MR) is 124 cm³/mol. The monoisotopic (exact) mass is 506 g/mol. The Hall–Kier alpha value is -3.55. The molecule has 2 heterocycles. The Kier molecular flexibility index (Phi) is 7.24. The molecule has 0 aliphatic carbocycles. The van der Waals surface area contributed by atoms with Gasteiger partial charge in [0.25, 0.3) is 0 Å². The fraction of sp³-hybridized carbons (Fsp3) is 0.375. The van der Waals surface area contributed by atoms with E-state index in [1.54, 1.807) is 24.3 Å². The van der Waals surface area contributed by atoms with E-state index in [0.29, 0.717) is 11.3 Å². The van der Waals surface area contributed by atoms with E-state index in [0.717, 1.165) is 0 Å². The van der Waals surface area contributed by atoms with Crippen molar-refractivity contribution in [3.05, 3.63) is 40.6 Å². The predicted octanol–water partition coefficient (Wildman–Crippen LogP) is 0.370. The van der Waals surface area contributed by atoms with E-state index < -0.39 is 48.5 Å². The summed E-state index contributed by atoms with van der Waals surface area (Å²) in [5.74, 6) is -0.703. The Balaban J connectivity index is 1.88. The molecule has 0 bridgehead atoms. The average molecular weight is 506 g/mol. The number of hydrogen-bond donors (Lipinski definition) is 5. The van der Waals surface area contributed by atoms with Gasteiger partial charge >= 0.3 is 0 Å². The molecule has 0 radical (unpaired) electrons. The number of benzene rings is 2. The van der Waals surface area contributed by atoms with Gasteiger partial charge in [0, 0.05) is 11.6 Å². The van der Waals surface area contributed by atoms with E-state index in [1.165, 1.54) is 27.4 Å². The van der Waals surface area contributed by atoms with Crippen molar-refractivity contribution in [2.45, 2.75) is 30.7 Å². The van der Waals surface area contributed by atoms with Crippen LogP contribution >= 0.6 is 0 Å². The maximum Gasteiger partial charge on any atom is 0.229 e. The van der Waals surface area contributed by atoms with E-state index in [9.17, 15) is 30.3 Å². The number of phenolic OH excluding ortho intramolecular Hbond substituents is 1. The summed E-state index contributed by atoms with van der Waals surface area (Å²) in [5, 5.41) is 50.6. The quantitative estimate of drug-likeness (QED) is 0.298. The highest BCUT2D eigenvalue weighted by Crippen LogP contribution is 2.51. The van der Waals surface area contributed by atoms with Gasteiger partial charge in [-0.25, -0.2) is 0 Å². The summed E-state index contributed by atoms with van der Waals surface area (Å²) in [5.41, 5.74) is -0.257. The lowest BCUT2D eigenvalue weighted by Gasteiger charge is -2.39. The molecule has 2 aromatic carbocycles. The smallest absolute Gasteiger partial charge is 0.229 e. The number of rotatable bonds is 7. The van der Waals surface area contributed by atoms with Gasteiger partial charge in [0.15, 0.2) is 16.8 Å². The number of aliphatic hydroxyl groups is 4. The molecule has 1 aliphatic heterocycles. The number of hydrogen-bond acceptors (Lipinski definition) is 12. The van der Waals surface area contributed by atoms with Crippen molar-refractivity contribution in [2.24, 2.45) is 0 Å². The van der Waals surface area contributed by atoms with Crippen LogP contribution in [-0.4, -0.2) is 84.2 Å². The van der Waals surface area contributed by atoms with Gasteiger partial charge in [-0.05, 0) is 24.3 Å². The highest BCUT2D eigenvalue weighted by Gasteiger charge is 2.45. The molecule has 1 aliphatic rings. The van der Waals surface area contributed by atoms with Crippen molar-refractivity contribution in [3.8, 4) is 40.1 Å². The molecule has 194 valence electrons. The summed E-state index contributed by atoms with van der Waals surface area (Å²) < 4.78 is 32.9. The molecule has 1 fully saturated rings. The van der Waals surface area contributed by atoms with E-state index in [2.05, 4.69) is 0 Å². The van der Waals surface area contributed by atoms with E-state index in [4.69, 9.17) is 28.1 Å². The molecule has 4 rings (SSSR count). The lowest BCUT2D eigenvalue weighted by molar-refractivity contribution is -0.277. The van der Waals surface area contributed by atoms with Crippen LogP contribution in [0.4, 0.5) is 0 Å². The molecule has 12 heteroatoms. The van der Waals surface area contributed by atoms with Gasteiger partial charge < -0.3 is 53.6 Å². The Morgan fingerprint density at radius 2 is 1.56 bits per heavy atom. The second kappa shape index (κ2) is 10.2. The van der Waals surface area contributed by atoms with E-state index in [-0.39, 0.29) is 34.0 Å². The molecule has 0 unspecified atom stereocenters. The summed E-state index contributed by atoms with van der Waals surface area (Å²) >= 11 is 0. The maximum absolute atomic E-state index is 13.0. The first-order valence-corrected chi connectivity index (χ1v) is 10.8. The Morgan fingerprint density at radius 3 is 2.14 bits per heavy atom. The number of methoxy groups -OCH3 is 3. The summed E-state index contributed by atoms with van der Waals surface area (Å²) in [7, 11) is 3.97. The van der Waals surface area contributed by atoms with Crippen molar-refractivity contribution in [3.63, 3.8) is 0 Å². The van der Waals surface area contributed by atoms with Crippen LogP contribution in [0.5, 0.6) is 28.7 Å². The van der Waals surface area contributed by atoms with Gasteiger partial charge in [0.2, 0.25) is 23.5 Å². The first-order valence-electron chi connectivity index (χ1n) is 10.8. The Labute approximate surface area is 204 Å². The third-order valence-corrected chi connectivity index (χ3v) is 5.88. The van der Waals surface area contributed by atoms with Crippen molar-refractivity contribution < 1.29 is 53.6 Å². The molecule has 5 atom stereocenters. The lowest BCUT2D eigenvalue weighted by Crippen LogP contribution is -2.60. The highest BCUT2D eigenvalue weighted by molar-refractivity contribution is 5.95. The van der Waals surface area contributed by atoms with E-state index in [1.807, 2.05) is 0 Å². The third kappa shape index (κ3) is 4.29. The molecular formula is C24H26O12.